The number of amides is 2. The predicted octanol–water partition coefficient (Wildman–Crippen LogP) is 3.96. The van der Waals surface area contributed by atoms with Gasteiger partial charge in [0, 0.05) is 30.1 Å². The van der Waals surface area contributed by atoms with E-state index in [-0.39, 0.29) is 17.7 Å². The SMILES string of the molecule is O=C1CSc2ccc(CN[C@H]3CC[C@H](C(=O)Nc4ccnc5ccccc45)CC3)nc2N1. The van der Waals surface area contributed by atoms with Gasteiger partial charge >= 0.3 is 0 Å². The second-order valence-electron chi connectivity index (χ2n) is 8.28. The van der Waals surface area contributed by atoms with Gasteiger partial charge in [0.1, 0.15) is 5.82 Å². The summed E-state index contributed by atoms with van der Waals surface area (Å²) < 4.78 is 0. The molecule has 164 valence electrons. The highest BCUT2D eigenvalue weighted by atomic mass is 32.2. The van der Waals surface area contributed by atoms with Crippen LogP contribution in [-0.4, -0.2) is 33.6 Å². The molecule has 3 N–H and O–H groups in total. The van der Waals surface area contributed by atoms with Gasteiger partial charge in [-0.05, 0) is 49.9 Å². The quantitative estimate of drug-likeness (QED) is 0.548. The van der Waals surface area contributed by atoms with Crippen LogP contribution in [0.3, 0.4) is 0 Å². The normalized spacial score (nSPS) is 20.4. The highest BCUT2D eigenvalue weighted by molar-refractivity contribution is 8.00. The summed E-state index contributed by atoms with van der Waals surface area (Å²) in [6.07, 6.45) is 5.35. The van der Waals surface area contributed by atoms with Crippen LogP contribution in [-0.2, 0) is 16.1 Å². The number of benzene rings is 1. The van der Waals surface area contributed by atoms with Crippen LogP contribution < -0.4 is 16.0 Å². The Morgan fingerprint density at radius 1 is 1.09 bits per heavy atom. The number of carbonyl (C=O) groups is 2. The summed E-state index contributed by atoms with van der Waals surface area (Å²) in [6.45, 7) is 0.651. The van der Waals surface area contributed by atoms with Gasteiger partial charge in [0.2, 0.25) is 11.8 Å². The van der Waals surface area contributed by atoms with Crippen molar-refractivity contribution in [1.82, 2.24) is 15.3 Å². The van der Waals surface area contributed by atoms with Crippen LogP contribution in [0.1, 0.15) is 31.4 Å². The van der Waals surface area contributed by atoms with E-state index in [2.05, 4.69) is 25.9 Å². The van der Waals surface area contributed by atoms with Crippen LogP contribution in [0.5, 0.6) is 0 Å². The summed E-state index contributed by atoms with van der Waals surface area (Å²) in [5, 5.41) is 10.5. The molecule has 0 unspecified atom stereocenters. The van der Waals surface area contributed by atoms with E-state index < -0.39 is 0 Å². The molecular weight excluding hydrogens is 422 g/mol. The third-order valence-corrected chi connectivity index (χ3v) is 7.16. The Morgan fingerprint density at radius 2 is 1.94 bits per heavy atom. The summed E-state index contributed by atoms with van der Waals surface area (Å²) in [5.74, 6) is 1.21. The smallest absolute Gasteiger partial charge is 0.235 e. The van der Waals surface area contributed by atoms with E-state index in [0.29, 0.717) is 24.2 Å². The van der Waals surface area contributed by atoms with Crippen molar-refractivity contribution in [2.75, 3.05) is 16.4 Å². The number of thioether (sulfide) groups is 1. The molecule has 7 nitrogen and oxygen atoms in total. The van der Waals surface area contributed by atoms with E-state index in [4.69, 9.17) is 0 Å². The Balaban J connectivity index is 1.13. The number of hydrogen-bond donors (Lipinski definition) is 3. The summed E-state index contributed by atoms with van der Waals surface area (Å²) in [5.41, 5.74) is 2.62. The maximum atomic E-state index is 12.9. The number of para-hydroxylation sites is 1. The van der Waals surface area contributed by atoms with E-state index in [9.17, 15) is 9.59 Å². The van der Waals surface area contributed by atoms with Gasteiger partial charge < -0.3 is 16.0 Å². The van der Waals surface area contributed by atoms with Gasteiger partial charge in [-0.3, -0.25) is 14.6 Å². The standard InChI is InChI=1S/C24H25N5O2S/c30-22-14-32-21-10-9-17(27-23(21)29-22)13-26-16-7-5-15(6-8-16)24(31)28-20-11-12-25-19-4-2-1-3-18(19)20/h1-4,9-12,15-16,26H,5-8,13-14H2,(H,25,28,31)(H,27,29,30)/t15-,16-. The fraction of sp³-hybridized carbons (Fsp3) is 0.333. The first-order chi connectivity index (χ1) is 15.7. The molecule has 1 saturated carbocycles. The number of aromatic nitrogens is 2. The molecule has 2 aromatic heterocycles. The molecule has 1 fully saturated rings. The molecule has 1 aromatic carbocycles. The fourth-order valence-electron chi connectivity index (χ4n) is 4.35. The van der Waals surface area contributed by atoms with Crippen molar-refractivity contribution in [3.8, 4) is 0 Å². The molecule has 1 aliphatic heterocycles. The predicted molar refractivity (Wildman–Crippen MR) is 127 cm³/mol. The second kappa shape index (κ2) is 9.26. The minimum Gasteiger partial charge on any atom is -0.325 e. The van der Waals surface area contributed by atoms with Crippen molar-refractivity contribution in [2.45, 2.75) is 43.2 Å². The number of rotatable bonds is 5. The number of nitrogens with one attached hydrogen (secondary N) is 3. The van der Waals surface area contributed by atoms with Crippen molar-refractivity contribution in [1.29, 1.82) is 0 Å². The average molecular weight is 448 g/mol. The molecule has 0 atom stereocenters. The Hall–Kier alpha value is -2.97. The molecular formula is C24H25N5O2S. The van der Waals surface area contributed by atoms with Gasteiger partial charge in [-0.2, -0.15) is 0 Å². The topological polar surface area (TPSA) is 96.0 Å². The van der Waals surface area contributed by atoms with E-state index >= 15 is 0 Å². The van der Waals surface area contributed by atoms with E-state index in [1.807, 2.05) is 42.5 Å². The lowest BCUT2D eigenvalue weighted by molar-refractivity contribution is -0.121. The monoisotopic (exact) mass is 447 g/mol. The zero-order valence-corrected chi connectivity index (χ0v) is 18.5. The highest BCUT2D eigenvalue weighted by Crippen LogP contribution is 2.30. The minimum absolute atomic E-state index is 0.00327. The van der Waals surface area contributed by atoms with Crippen molar-refractivity contribution in [3.05, 3.63) is 54.4 Å². The number of pyridine rings is 2. The van der Waals surface area contributed by atoms with Crippen LogP contribution in [0.4, 0.5) is 11.5 Å². The molecule has 8 heteroatoms. The van der Waals surface area contributed by atoms with E-state index in [1.165, 1.54) is 11.8 Å². The second-order valence-corrected chi connectivity index (χ2v) is 9.30. The van der Waals surface area contributed by atoms with Gasteiger partial charge in [-0.1, -0.05) is 18.2 Å². The average Bonchev–Trinajstić information content (AvgIpc) is 2.83. The third-order valence-electron chi connectivity index (χ3n) is 6.11. The molecule has 0 spiro atoms. The molecule has 0 radical (unpaired) electrons. The summed E-state index contributed by atoms with van der Waals surface area (Å²) in [7, 11) is 0. The molecule has 3 heterocycles. The summed E-state index contributed by atoms with van der Waals surface area (Å²) in [6, 6.07) is 14.1. The first-order valence-electron chi connectivity index (χ1n) is 11.0. The molecule has 2 amide bonds. The van der Waals surface area contributed by atoms with Gasteiger partial charge in [0.15, 0.2) is 0 Å². The zero-order chi connectivity index (χ0) is 21.9. The number of nitrogens with zero attached hydrogens (tertiary/aromatic N) is 2. The first-order valence-corrected chi connectivity index (χ1v) is 11.9. The molecule has 2 aliphatic rings. The molecule has 0 bridgehead atoms. The van der Waals surface area contributed by atoms with Crippen molar-refractivity contribution in [2.24, 2.45) is 5.92 Å². The van der Waals surface area contributed by atoms with Crippen LogP contribution in [0.15, 0.2) is 53.6 Å². The van der Waals surface area contributed by atoms with E-state index in [0.717, 1.165) is 52.9 Å². The number of fused-ring (bicyclic) bond motifs is 2. The highest BCUT2D eigenvalue weighted by Gasteiger charge is 2.26. The van der Waals surface area contributed by atoms with Crippen molar-refractivity contribution in [3.63, 3.8) is 0 Å². The van der Waals surface area contributed by atoms with E-state index in [1.54, 1.807) is 6.20 Å². The van der Waals surface area contributed by atoms with Gasteiger partial charge in [0.05, 0.1) is 27.5 Å². The Labute approximate surface area is 190 Å². The first kappa shape index (κ1) is 20.9. The minimum atomic E-state index is -0.00327. The van der Waals surface area contributed by atoms with Gasteiger partial charge in [0.25, 0.3) is 0 Å². The van der Waals surface area contributed by atoms with Crippen molar-refractivity contribution < 1.29 is 9.59 Å². The van der Waals surface area contributed by atoms with Crippen LogP contribution in [0.25, 0.3) is 10.9 Å². The van der Waals surface area contributed by atoms with Crippen LogP contribution >= 0.6 is 11.8 Å². The lowest BCUT2D eigenvalue weighted by atomic mass is 9.85. The van der Waals surface area contributed by atoms with Crippen LogP contribution in [0.2, 0.25) is 0 Å². The number of anilines is 2. The Bertz CT molecular complexity index is 1150. The Morgan fingerprint density at radius 3 is 2.81 bits per heavy atom. The summed E-state index contributed by atoms with van der Waals surface area (Å²) >= 11 is 1.52. The molecule has 5 rings (SSSR count). The lowest BCUT2D eigenvalue weighted by Gasteiger charge is -2.28. The molecule has 1 aliphatic carbocycles. The number of hydrogen-bond acceptors (Lipinski definition) is 6. The van der Waals surface area contributed by atoms with Gasteiger partial charge in [-0.15, -0.1) is 11.8 Å². The third kappa shape index (κ3) is 4.61. The van der Waals surface area contributed by atoms with Gasteiger partial charge in [-0.25, -0.2) is 4.98 Å². The number of carbonyl (C=O) groups excluding carboxylic acids is 2. The largest absolute Gasteiger partial charge is 0.325 e. The molecule has 32 heavy (non-hydrogen) atoms. The van der Waals surface area contributed by atoms with Crippen LogP contribution in [0, 0.1) is 5.92 Å². The van der Waals surface area contributed by atoms with Crippen molar-refractivity contribution >= 4 is 46.0 Å². The lowest BCUT2D eigenvalue weighted by Crippen LogP contribution is -2.36. The molecule has 0 saturated heterocycles. The zero-order valence-electron chi connectivity index (χ0n) is 17.6. The molecule has 3 aromatic rings. The maximum absolute atomic E-state index is 12.9. The Kier molecular flexibility index (Phi) is 6.05. The maximum Gasteiger partial charge on any atom is 0.235 e. The fourth-order valence-corrected chi connectivity index (χ4v) is 5.11. The summed E-state index contributed by atoms with van der Waals surface area (Å²) in [4.78, 5) is 34.4.